The van der Waals surface area contributed by atoms with Gasteiger partial charge in [0, 0.05) is 0 Å². The van der Waals surface area contributed by atoms with Crippen LogP contribution in [-0.2, 0) is 12.8 Å². The molecule has 27 heavy (non-hydrogen) atoms. The first kappa shape index (κ1) is 19.7. The molecule has 1 aliphatic rings. The second kappa shape index (κ2) is 10.3. The van der Waals surface area contributed by atoms with Gasteiger partial charge in [0.2, 0.25) is 0 Å². The molecule has 3 rings (SSSR count). The van der Waals surface area contributed by atoms with Gasteiger partial charge in [-0.05, 0) is 79.1 Å². The molecule has 0 atom stereocenters. The molecule has 2 nitrogen and oxygen atoms in total. The fourth-order valence-corrected chi connectivity index (χ4v) is 4.06. The van der Waals surface area contributed by atoms with Gasteiger partial charge in [0.1, 0.15) is 5.75 Å². The summed E-state index contributed by atoms with van der Waals surface area (Å²) < 4.78 is 5.47. The summed E-state index contributed by atoms with van der Waals surface area (Å²) in [6.07, 6.45) is 9.69. The van der Waals surface area contributed by atoms with Crippen LogP contribution in [0.25, 0.3) is 5.57 Å². The number of allylic oxidation sites excluding steroid dienone is 1. The summed E-state index contributed by atoms with van der Waals surface area (Å²) >= 11 is 0. The Bertz CT molecular complexity index is 724. The van der Waals surface area contributed by atoms with Crippen LogP contribution in [0.5, 0.6) is 5.75 Å². The standard InChI is InChI=1S/C25H33NO/c1-3-4-7-15-26-16-9-14-25(22-12-8-13-24(19-22)27-2)23-17-20-10-5-6-11-21(20)18-23/h5-6,8,10-14,19,23,26H,3-4,7,9,15-18H2,1-2H3/b25-14-. The highest BCUT2D eigenvalue weighted by Crippen LogP contribution is 2.37. The van der Waals surface area contributed by atoms with E-state index in [9.17, 15) is 0 Å². The third kappa shape index (κ3) is 5.46. The molecule has 2 heteroatoms. The molecular formula is C25H33NO. The molecular weight excluding hydrogens is 330 g/mol. The normalized spacial score (nSPS) is 14.4. The first-order chi connectivity index (χ1) is 13.3. The van der Waals surface area contributed by atoms with Crippen molar-refractivity contribution in [2.24, 2.45) is 5.92 Å². The summed E-state index contributed by atoms with van der Waals surface area (Å²) in [4.78, 5) is 0. The van der Waals surface area contributed by atoms with Crippen molar-refractivity contribution in [3.63, 3.8) is 0 Å². The molecule has 0 aliphatic heterocycles. The van der Waals surface area contributed by atoms with Gasteiger partial charge in [-0.3, -0.25) is 0 Å². The Kier molecular flexibility index (Phi) is 7.53. The lowest BCUT2D eigenvalue weighted by Crippen LogP contribution is -2.16. The second-order valence-corrected chi connectivity index (χ2v) is 7.51. The van der Waals surface area contributed by atoms with Crippen molar-refractivity contribution < 1.29 is 4.74 Å². The van der Waals surface area contributed by atoms with Crippen LogP contribution in [0.15, 0.2) is 54.6 Å². The lowest BCUT2D eigenvalue weighted by Gasteiger charge is -2.17. The van der Waals surface area contributed by atoms with E-state index in [-0.39, 0.29) is 0 Å². The SMILES string of the molecule is CCCCCNCC/C=C(/c1cccc(OC)c1)C1Cc2ccccc2C1. The van der Waals surface area contributed by atoms with Crippen LogP contribution < -0.4 is 10.1 Å². The van der Waals surface area contributed by atoms with E-state index < -0.39 is 0 Å². The van der Waals surface area contributed by atoms with Crippen LogP contribution in [0.3, 0.4) is 0 Å². The molecule has 0 fully saturated rings. The zero-order chi connectivity index (χ0) is 18.9. The van der Waals surface area contributed by atoms with Crippen LogP contribution in [0.4, 0.5) is 0 Å². The molecule has 0 aromatic heterocycles. The van der Waals surface area contributed by atoms with Crippen LogP contribution in [-0.4, -0.2) is 20.2 Å². The molecule has 1 N–H and O–H groups in total. The molecule has 0 amide bonds. The summed E-state index contributed by atoms with van der Waals surface area (Å²) in [5, 5.41) is 3.59. The maximum atomic E-state index is 5.47. The first-order valence-corrected chi connectivity index (χ1v) is 10.4. The van der Waals surface area contributed by atoms with E-state index in [1.807, 2.05) is 6.07 Å². The van der Waals surface area contributed by atoms with Crippen molar-refractivity contribution >= 4 is 5.57 Å². The average molecular weight is 364 g/mol. The Labute approximate surface area is 164 Å². The van der Waals surface area contributed by atoms with E-state index >= 15 is 0 Å². The molecule has 2 aromatic carbocycles. The van der Waals surface area contributed by atoms with Gasteiger partial charge >= 0.3 is 0 Å². The quantitative estimate of drug-likeness (QED) is 0.550. The number of ether oxygens (including phenoxy) is 1. The highest BCUT2D eigenvalue weighted by atomic mass is 16.5. The minimum atomic E-state index is 0.564. The van der Waals surface area contributed by atoms with E-state index in [0.29, 0.717) is 5.92 Å². The Morgan fingerprint density at radius 2 is 1.81 bits per heavy atom. The second-order valence-electron chi connectivity index (χ2n) is 7.51. The summed E-state index contributed by atoms with van der Waals surface area (Å²) in [6, 6.07) is 17.4. The molecule has 0 saturated carbocycles. The summed E-state index contributed by atoms with van der Waals surface area (Å²) in [5.41, 5.74) is 5.79. The summed E-state index contributed by atoms with van der Waals surface area (Å²) in [7, 11) is 1.74. The maximum Gasteiger partial charge on any atom is 0.119 e. The summed E-state index contributed by atoms with van der Waals surface area (Å²) in [6.45, 7) is 4.44. The fraction of sp³-hybridized carbons (Fsp3) is 0.440. The lowest BCUT2D eigenvalue weighted by molar-refractivity contribution is 0.414. The fourth-order valence-electron chi connectivity index (χ4n) is 4.06. The smallest absolute Gasteiger partial charge is 0.119 e. The van der Waals surface area contributed by atoms with E-state index in [0.717, 1.165) is 38.1 Å². The molecule has 144 valence electrons. The third-order valence-corrected chi connectivity index (χ3v) is 5.54. The Morgan fingerprint density at radius 1 is 1.04 bits per heavy atom. The predicted molar refractivity (Wildman–Crippen MR) is 115 cm³/mol. The average Bonchev–Trinajstić information content (AvgIpc) is 3.14. The molecule has 0 saturated heterocycles. The van der Waals surface area contributed by atoms with Crippen molar-refractivity contribution in [1.29, 1.82) is 0 Å². The lowest BCUT2D eigenvalue weighted by atomic mass is 9.89. The van der Waals surface area contributed by atoms with Gasteiger partial charge < -0.3 is 10.1 Å². The van der Waals surface area contributed by atoms with Gasteiger partial charge in [-0.2, -0.15) is 0 Å². The minimum Gasteiger partial charge on any atom is -0.497 e. The first-order valence-electron chi connectivity index (χ1n) is 10.4. The van der Waals surface area contributed by atoms with Gasteiger partial charge in [-0.1, -0.05) is 62.2 Å². The number of benzene rings is 2. The number of nitrogens with one attached hydrogen (secondary N) is 1. The molecule has 2 aromatic rings. The van der Waals surface area contributed by atoms with Crippen LogP contribution in [0.2, 0.25) is 0 Å². The highest BCUT2D eigenvalue weighted by Gasteiger charge is 2.25. The van der Waals surface area contributed by atoms with Gasteiger partial charge in [-0.25, -0.2) is 0 Å². The molecule has 0 bridgehead atoms. The molecule has 0 heterocycles. The third-order valence-electron chi connectivity index (χ3n) is 5.54. The van der Waals surface area contributed by atoms with Crippen LogP contribution in [0, 0.1) is 5.92 Å². The highest BCUT2D eigenvalue weighted by molar-refractivity contribution is 5.70. The Hall–Kier alpha value is -2.06. The van der Waals surface area contributed by atoms with Crippen molar-refractivity contribution in [2.45, 2.75) is 45.4 Å². The van der Waals surface area contributed by atoms with Crippen LogP contribution >= 0.6 is 0 Å². The number of fused-ring (bicyclic) bond motifs is 1. The number of hydrogen-bond donors (Lipinski definition) is 1. The van der Waals surface area contributed by atoms with Gasteiger partial charge in [0.05, 0.1) is 7.11 Å². The van der Waals surface area contributed by atoms with Gasteiger partial charge in [0.25, 0.3) is 0 Å². The number of rotatable bonds is 10. The molecule has 0 spiro atoms. The number of hydrogen-bond acceptors (Lipinski definition) is 2. The van der Waals surface area contributed by atoms with Gasteiger partial charge in [-0.15, -0.1) is 0 Å². The zero-order valence-corrected chi connectivity index (χ0v) is 16.8. The topological polar surface area (TPSA) is 21.3 Å². The predicted octanol–water partition coefficient (Wildman–Crippen LogP) is 5.66. The molecule has 0 unspecified atom stereocenters. The van der Waals surface area contributed by atoms with E-state index in [2.05, 4.69) is 60.8 Å². The Balaban J connectivity index is 1.70. The van der Waals surface area contributed by atoms with Crippen molar-refractivity contribution in [3.05, 3.63) is 71.3 Å². The molecule has 0 radical (unpaired) electrons. The maximum absolute atomic E-state index is 5.47. The molecule has 1 aliphatic carbocycles. The zero-order valence-electron chi connectivity index (χ0n) is 16.8. The largest absolute Gasteiger partial charge is 0.497 e. The number of unbranched alkanes of at least 4 members (excludes halogenated alkanes) is 2. The monoisotopic (exact) mass is 363 g/mol. The van der Waals surface area contributed by atoms with Gasteiger partial charge in [0.15, 0.2) is 0 Å². The van der Waals surface area contributed by atoms with E-state index in [1.54, 1.807) is 7.11 Å². The summed E-state index contributed by atoms with van der Waals surface area (Å²) in [5.74, 6) is 1.50. The van der Waals surface area contributed by atoms with E-state index in [1.165, 1.54) is 41.5 Å². The number of methoxy groups -OCH3 is 1. The Morgan fingerprint density at radius 3 is 2.52 bits per heavy atom. The van der Waals surface area contributed by atoms with Crippen LogP contribution in [0.1, 0.15) is 49.3 Å². The van der Waals surface area contributed by atoms with E-state index in [4.69, 9.17) is 4.74 Å². The minimum absolute atomic E-state index is 0.564. The van der Waals surface area contributed by atoms with Crippen molar-refractivity contribution in [2.75, 3.05) is 20.2 Å². The van der Waals surface area contributed by atoms with Crippen molar-refractivity contribution in [1.82, 2.24) is 5.32 Å². The van der Waals surface area contributed by atoms with Crippen molar-refractivity contribution in [3.8, 4) is 5.75 Å².